The lowest BCUT2D eigenvalue weighted by atomic mass is 10.1. The number of carbonyl (C=O) groups is 1. The Morgan fingerprint density at radius 3 is 2.69 bits per heavy atom. The van der Waals surface area contributed by atoms with Crippen molar-refractivity contribution in [1.29, 1.82) is 0 Å². The van der Waals surface area contributed by atoms with Crippen LogP contribution in [0.5, 0.6) is 5.75 Å². The lowest BCUT2D eigenvalue weighted by molar-refractivity contribution is 0.101. The van der Waals surface area contributed by atoms with E-state index in [1.165, 1.54) is 23.8 Å². The largest absolute Gasteiger partial charge is 0.489 e. The van der Waals surface area contributed by atoms with Crippen LogP contribution in [0.2, 0.25) is 0 Å². The maximum absolute atomic E-state index is 13.3. The molecule has 0 saturated carbocycles. The van der Waals surface area contributed by atoms with Crippen LogP contribution < -0.4 is 10.1 Å². The van der Waals surface area contributed by atoms with E-state index in [-0.39, 0.29) is 12.3 Å². The van der Waals surface area contributed by atoms with Gasteiger partial charge in [0, 0.05) is 5.69 Å². The van der Waals surface area contributed by atoms with Gasteiger partial charge in [0.1, 0.15) is 23.9 Å². The summed E-state index contributed by atoms with van der Waals surface area (Å²) in [6, 6.07) is 11.4. The van der Waals surface area contributed by atoms with E-state index in [9.17, 15) is 9.18 Å². The van der Waals surface area contributed by atoms with Crippen molar-refractivity contribution in [2.75, 3.05) is 5.32 Å². The minimum Gasteiger partial charge on any atom is -0.489 e. The highest BCUT2D eigenvalue weighted by atomic mass is 19.1. The van der Waals surface area contributed by atoms with E-state index in [0.717, 1.165) is 5.56 Å². The van der Waals surface area contributed by atoms with Gasteiger partial charge in [0.15, 0.2) is 5.69 Å². The Morgan fingerprint density at radius 2 is 1.96 bits per heavy atom. The first kappa shape index (κ1) is 17.7. The summed E-state index contributed by atoms with van der Waals surface area (Å²) in [4.78, 5) is 12.5. The van der Waals surface area contributed by atoms with Crippen molar-refractivity contribution in [3.8, 4) is 5.75 Å². The normalized spacial score (nSPS) is 10.6. The minimum absolute atomic E-state index is 0.121. The molecule has 0 bridgehead atoms. The van der Waals surface area contributed by atoms with Gasteiger partial charge < -0.3 is 14.6 Å². The fourth-order valence-electron chi connectivity index (χ4n) is 2.46. The van der Waals surface area contributed by atoms with Gasteiger partial charge in [0.25, 0.3) is 5.91 Å². The Kier molecular flexibility index (Phi) is 5.02. The molecule has 0 spiro atoms. The molecule has 0 aliphatic heterocycles. The van der Waals surface area contributed by atoms with Gasteiger partial charge in [-0.1, -0.05) is 17.3 Å². The third-order valence-electron chi connectivity index (χ3n) is 4.14. The predicted molar refractivity (Wildman–Crippen MR) is 95.8 cm³/mol. The zero-order valence-corrected chi connectivity index (χ0v) is 14.8. The van der Waals surface area contributed by atoms with E-state index < -0.39 is 11.7 Å². The standard InChI is InChI=1S/C20H19FN2O3/c1-12-7-8-17(9-13(12)2)25-11-18-14(3)26-23-19(18)20(24)22-16-6-4-5-15(21)10-16/h4-10H,11H2,1-3H3,(H,22,24). The smallest absolute Gasteiger partial charge is 0.278 e. The molecule has 2 aromatic carbocycles. The number of rotatable bonds is 5. The number of nitrogens with one attached hydrogen (secondary N) is 1. The number of amides is 1. The molecule has 0 atom stereocenters. The minimum atomic E-state index is -0.480. The van der Waals surface area contributed by atoms with Crippen LogP contribution in [0.25, 0.3) is 0 Å². The molecular weight excluding hydrogens is 335 g/mol. The number of nitrogens with zero attached hydrogens (tertiary/aromatic N) is 1. The van der Waals surface area contributed by atoms with Crippen molar-refractivity contribution in [3.63, 3.8) is 0 Å². The van der Waals surface area contributed by atoms with Crippen molar-refractivity contribution in [3.05, 3.63) is 76.4 Å². The molecule has 0 radical (unpaired) electrons. The molecule has 0 aliphatic rings. The van der Waals surface area contributed by atoms with Crippen molar-refractivity contribution < 1.29 is 18.4 Å². The molecular formula is C20H19FN2O3. The number of hydrogen-bond acceptors (Lipinski definition) is 4. The highest BCUT2D eigenvalue weighted by Gasteiger charge is 2.20. The Bertz CT molecular complexity index is 950. The van der Waals surface area contributed by atoms with Crippen LogP contribution in [0.15, 0.2) is 47.0 Å². The van der Waals surface area contributed by atoms with E-state index in [0.29, 0.717) is 22.8 Å². The summed E-state index contributed by atoms with van der Waals surface area (Å²) < 4.78 is 24.2. The third-order valence-corrected chi connectivity index (χ3v) is 4.14. The first-order valence-electron chi connectivity index (χ1n) is 8.16. The molecule has 1 amide bonds. The zero-order valence-electron chi connectivity index (χ0n) is 14.8. The van der Waals surface area contributed by atoms with E-state index in [2.05, 4.69) is 10.5 Å². The fraction of sp³-hybridized carbons (Fsp3) is 0.200. The van der Waals surface area contributed by atoms with Gasteiger partial charge in [-0.25, -0.2) is 4.39 Å². The maximum Gasteiger partial charge on any atom is 0.278 e. The Morgan fingerprint density at radius 1 is 1.15 bits per heavy atom. The van der Waals surface area contributed by atoms with Crippen LogP contribution in [0, 0.1) is 26.6 Å². The van der Waals surface area contributed by atoms with Crippen LogP contribution in [-0.4, -0.2) is 11.1 Å². The quantitative estimate of drug-likeness (QED) is 0.729. The van der Waals surface area contributed by atoms with E-state index in [4.69, 9.17) is 9.26 Å². The average Bonchev–Trinajstić information content (AvgIpc) is 2.97. The number of aryl methyl sites for hydroxylation is 3. The van der Waals surface area contributed by atoms with E-state index in [1.54, 1.807) is 13.0 Å². The van der Waals surface area contributed by atoms with Crippen molar-refractivity contribution in [2.24, 2.45) is 0 Å². The molecule has 3 aromatic rings. The zero-order chi connectivity index (χ0) is 18.7. The second kappa shape index (κ2) is 7.39. The molecule has 0 unspecified atom stereocenters. The first-order valence-corrected chi connectivity index (χ1v) is 8.16. The lowest BCUT2D eigenvalue weighted by Crippen LogP contribution is -2.15. The van der Waals surface area contributed by atoms with Crippen LogP contribution in [0.3, 0.4) is 0 Å². The fourth-order valence-corrected chi connectivity index (χ4v) is 2.46. The van der Waals surface area contributed by atoms with Gasteiger partial charge in [0.05, 0.1) is 5.56 Å². The van der Waals surface area contributed by atoms with Crippen molar-refractivity contribution >= 4 is 11.6 Å². The molecule has 3 rings (SSSR count). The molecule has 134 valence electrons. The first-order chi connectivity index (χ1) is 12.4. The Labute approximate surface area is 150 Å². The summed E-state index contributed by atoms with van der Waals surface area (Å²) in [5.74, 6) is 0.284. The Balaban J connectivity index is 1.75. The molecule has 0 saturated heterocycles. The molecule has 1 heterocycles. The van der Waals surface area contributed by atoms with Crippen LogP contribution in [0.1, 0.15) is 32.9 Å². The number of aromatic nitrogens is 1. The third kappa shape index (κ3) is 3.91. The SMILES string of the molecule is Cc1ccc(OCc2c(C(=O)Nc3cccc(F)c3)noc2C)cc1C. The molecule has 1 aromatic heterocycles. The number of anilines is 1. The monoisotopic (exact) mass is 354 g/mol. The van der Waals surface area contributed by atoms with Gasteiger partial charge in [-0.3, -0.25) is 4.79 Å². The van der Waals surface area contributed by atoms with Crippen LogP contribution in [0.4, 0.5) is 10.1 Å². The summed E-state index contributed by atoms with van der Waals surface area (Å²) in [6.45, 7) is 5.89. The number of carbonyl (C=O) groups excluding carboxylic acids is 1. The van der Waals surface area contributed by atoms with Gasteiger partial charge in [-0.05, 0) is 62.2 Å². The number of halogens is 1. The van der Waals surface area contributed by atoms with Gasteiger partial charge >= 0.3 is 0 Å². The highest BCUT2D eigenvalue weighted by Crippen LogP contribution is 2.21. The van der Waals surface area contributed by atoms with Crippen molar-refractivity contribution in [1.82, 2.24) is 5.16 Å². The van der Waals surface area contributed by atoms with Gasteiger partial charge in [0.2, 0.25) is 0 Å². The van der Waals surface area contributed by atoms with E-state index in [1.807, 2.05) is 32.0 Å². The second-order valence-corrected chi connectivity index (χ2v) is 6.07. The van der Waals surface area contributed by atoms with E-state index >= 15 is 0 Å². The average molecular weight is 354 g/mol. The van der Waals surface area contributed by atoms with Crippen molar-refractivity contribution in [2.45, 2.75) is 27.4 Å². The molecule has 5 nitrogen and oxygen atoms in total. The topological polar surface area (TPSA) is 64.4 Å². The molecule has 1 N–H and O–H groups in total. The molecule has 6 heteroatoms. The van der Waals surface area contributed by atoms with Gasteiger partial charge in [-0.2, -0.15) is 0 Å². The summed E-state index contributed by atoms with van der Waals surface area (Å²) in [5.41, 5.74) is 3.31. The maximum atomic E-state index is 13.3. The molecule has 0 aliphatic carbocycles. The van der Waals surface area contributed by atoms with Crippen LogP contribution >= 0.6 is 0 Å². The highest BCUT2D eigenvalue weighted by molar-refractivity contribution is 6.03. The summed E-state index contributed by atoms with van der Waals surface area (Å²) in [6.07, 6.45) is 0. The number of benzene rings is 2. The summed E-state index contributed by atoms with van der Waals surface area (Å²) in [5, 5.41) is 6.43. The second-order valence-electron chi connectivity index (χ2n) is 6.07. The molecule has 26 heavy (non-hydrogen) atoms. The summed E-state index contributed by atoms with van der Waals surface area (Å²) in [7, 11) is 0. The Hall–Kier alpha value is -3.15. The number of ether oxygens (including phenoxy) is 1. The van der Waals surface area contributed by atoms with Gasteiger partial charge in [-0.15, -0.1) is 0 Å². The summed E-state index contributed by atoms with van der Waals surface area (Å²) >= 11 is 0. The molecule has 0 fully saturated rings. The predicted octanol–water partition coefficient (Wildman–Crippen LogP) is 4.57. The lowest BCUT2D eigenvalue weighted by Gasteiger charge is -2.09. The number of hydrogen-bond donors (Lipinski definition) is 1. The van der Waals surface area contributed by atoms with Crippen LogP contribution in [-0.2, 0) is 6.61 Å².